The van der Waals surface area contributed by atoms with Crippen LogP contribution in [0.4, 0.5) is 4.79 Å². The molecule has 0 spiro atoms. The Morgan fingerprint density at radius 1 is 1.00 bits per heavy atom. The molecule has 41 heavy (non-hydrogen) atoms. The van der Waals surface area contributed by atoms with Gasteiger partial charge >= 0.3 is 6.03 Å². The Balaban J connectivity index is 1.43. The summed E-state index contributed by atoms with van der Waals surface area (Å²) in [6, 6.07) is 24.4. The number of amides is 3. The Morgan fingerprint density at radius 3 is 2.41 bits per heavy atom. The predicted molar refractivity (Wildman–Crippen MR) is 170 cm³/mol. The van der Waals surface area contributed by atoms with E-state index in [9.17, 15) is 9.59 Å². The first-order chi connectivity index (χ1) is 19.9. The van der Waals surface area contributed by atoms with E-state index in [-0.39, 0.29) is 30.9 Å². The van der Waals surface area contributed by atoms with Crippen molar-refractivity contribution in [2.75, 3.05) is 33.2 Å². The smallest absolute Gasteiger partial charge is 0.323 e. The molecule has 0 saturated carbocycles. The van der Waals surface area contributed by atoms with Gasteiger partial charge in [-0.05, 0) is 60.3 Å². The number of likely N-dealkylation sites (N-methyl/N-ethyl adjacent to an activating group) is 1. The first-order valence-electron chi connectivity index (χ1n) is 14.2. The van der Waals surface area contributed by atoms with Crippen LogP contribution in [0.15, 0.2) is 109 Å². The molecule has 6 heteroatoms. The number of hydrogen-bond donors (Lipinski definition) is 0. The maximum absolute atomic E-state index is 13.8. The van der Waals surface area contributed by atoms with E-state index in [2.05, 4.69) is 65.5 Å². The van der Waals surface area contributed by atoms with E-state index < -0.39 is 0 Å². The highest BCUT2D eigenvalue weighted by molar-refractivity contribution is 6.00. The third-order valence-electron chi connectivity index (χ3n) is 7.66. The molecule has 1 saturated heterocycles. The highest BCUT2D eigenvalue weighted by Crippen LogP contribution is 2.25. The van der Waals surface area contributed by atoms with Gasteiger partial charge in [-0.1, -0.05) is 98.1 Å². The first kappa shape index (κ1) is 29.7. The number of benzene rings is 3. The van der Waals surface area contributed by atoms with Gasteiger partial charge in [0.25, 0.3) is 0 Å². The number of imide groups is 1. The zero-order valence-corrected chi connectivity index (χ0v) is 24.2. The summed E-state index contributed by atoms with van der Waals surface area (Å²) in [5.41, 5.74) is 3.73. The lowest BCUT2D eigenvalue weighted by molar-refractivity contribution is -0.134. The van der Waals surface area contributed by atoms with Crippen molar-refractivity contribution in [3.63, 3.8) is 0 Å². The number of fused-ring (bicyclic) bond motifs is 1. The Hall–Kier alpha value is -4.29. The minimum Gasteiger partial charge on any atom is -0.323 e. The molecular formula is C35H40N4O2. The summed E-state index contributed by atoms with van der Waals surface area (Å²) in [7, 11) is 1.70. The summed E-state index contributed by atoms with van der Waals surface area (Å²) in [5, 5.41) is 2.51. The average molecular weight is 549 g/mol. The minimum atomic E-state index is -0.335. The van der Waals surface area contributed by atoms with E-state index in [1.54, 1.807) is 7.05 Å². The van der Waals surface area contributed by atoms with Crippen LogP contribution in [0.2, 0.25) is 0 Å². The van der Waals surface area contributed by atoms with Crippen molar-refractivity contribution in [3.8, 4) is 0 Å². The fraction of sp³-hybridized carbons (Fsp3) is 0.286. The maximum Gasteiger partial charge on any atom is 0.327 e. The van der Waals surface area contributed by atoms with Gasteiger partial charge in [-0.2, -0.15) is 0 Å². The van der Waals surface area contributed by atoms with Gasteiger partial charge in [0.1, 0.15) is 0 Å². The van der Waals surface area contributed by atoms with Gasteiger partial charge in [-0.25, -0.2) is 4.79 Å². The number of hydrogen-bond acceptors (Lipinski definition) is 4. The molecule has 3 aromatic rings. The van der Waals surface area contributed by atoms with Crippen LogP contribution < -0.4 is 0 Å². The minimum absolute atomic E-state index is 0.119. The second-order valence-corrected chi connectivity index (χ2v) is 10.6. The lowest BCUT2D eigenvalue weighted by Gasteiger charge is -2.34. The lowest BCUT2D eigenvalue weighted by atomic mass is 9.94. The third-order valence-corrected chi connectivity index (χ3v) is 7.66. The number of rotatable bonds is 10. The number of piperidine rings is 1. The number of carbonyl (C=O) groups excluding carboxylic acids is 2. The van der Waals surface area contributed by atoms with Crippen molar-refractivity contribution in [2.45, 2.75) is 26.3 Å². The molecule has 0 aliphatic carbocycles. The van der Waals surface area contributed by atoms with Crippen LogP contribution in [-0.4, -0.2) is 65.6 Å². The van der Waals surface area contributed by atoms with Crippen molar-refractivity contribution in [2.24, 2.45) is 10.9 Å². The van der Waals surface area contributed by atoms with Crippen molar-refractivity contribution < 1.29 is 9.59 Å². The molecule has 1 aliphatic rings. The highest BCUT2D eigenvalue weighted by Gasteiger charge is 2.32. The summed E-state index contributed by atoms with van der Waals surface area (Å²) in [6.07, 6.45) is 6.72. The number of urea groups is 1. The number of likely N-dealkylation sites (tertiary alicyclic amines) is 1. The molecule has 212 valence electrons. The SMILES string of the molecule is C=CN=C(C)C(=C)CN(C)C(=O)N(C/C=C/c1ccccc1)C(=O)C1CCN(Cc2cccc3ccccc23)CC1. The number of carbonyl (C=O) groups is 2. The van der Waals surface area contributed by atoms with E-state index in [1.807, 2.05) is 49.4 Å². The van der Waals surface area contributed by atoms with Crippen molar-refractivity contribution >= 4 is 34.5 Å². The molecule has 4 rings (SSSR count). The van der Waals surface area contributed by atoms with Crippen LogP contribution in [-0.2, 0) is 11.3 Å². The van der Waals surface area contributed by atoms with Gasteiger partial charge < -0.3 is 4.90 Å². The molecule has 3 amide bonds. The molecule has 1 heterocycles. The molecule has 1 aliphatic heterocycles. The molecule has 3 aromatic carbocycles. The summed E-state index contributed by atoms with van der Waals surface area (Å²) in [5.74, 6) is -0.319. The predicted octanol–water partition coefficient (Wildman–Crippen LogP) is 6.81. The normalized spacial score (nSPS) is 14.7. The summed E-state index contributed by atoms with van der Waals surface area (Å²) in [4.78, 5) is 36.9. The largest absolute Gasteiger partial charge is 0.327 e. The zero-order valence-electron chi connectivity index (χ0n) is 24.2. The van der Waals surface area contributed by atoms with Gasteiger partial charge in [0.05, 0.1) is 0 Å². The van der Waals surface area contributed by atoms with E-state index in [0.29, 0.717) is 11.3 Å². The summed E-state index contributed by atoms with van der Waals surface area (Å²) < 4.78 is 0. The highest BCUT2D eigenvalue weighted by atomic mass is 16.2. The summed E-state index contributed by atoms with van der Waals surface area (Å²) in [6.45, 7) is 12.5. The second-order valence-electron chi connectivity index (χ2n) is 10.6. The van der Waals surface area contributed by atoms with Gasteiger partial charge in [-0.15, -0.1) is 0 Å². The Morgan fingerprint density at radius 2 is 1.68 bits per heavy atom. The maximum atomic E-state index is 13.8. The van der Waals surface area contributed by atoms with Crippen molar-refractivity contribution in [1.82, 2.24) is 14.7 Å². The molecule has 0 radical (unpaired) electrons. The molecule has 0 unspecified atom stereocenters. The van der Waals surface area contributed by atoms with Crippen molar-refractivity contribution in [3.05, 3.63) is 115 Å². The van der Waals surface area contributed by atoms with E-state index in [0.717, 1.165) is 38.0 Å². The molecule has 1 fully saturated rings. The molecular weight excluding hydrogens is 508 g/mol. The average Bonchev–Trinajstić information content (AvgIpc) is 3.00. The molecule has 0 bridgehead atoms. The van der Waals surface area contributed by atoms with Crippen LogP contribution in [0.3, 0.4) is 0 Å². The van der Waals surface area contributed by atoms with E-state index in [1.165, 1.54) is 32.3 Å². The number of nitrogens with zero attached hydrogens (tertiary/aromatic N) is 4. The number of aliphatic imine (C=N–C) groups is 1. The van der Waals surface area contributed by atoms with Gasteiger partial charge in [0.2, 0.25) is 5.91 Å². The fourth-order valence-corrected chi connectivity index (χ4v) is 5.25. The van der Waals surface area contributed by atoms with Crippen LogP contribution in [0.1, 0.15) is 30.9 Å². The fourth-order valence-electron chi connectivity index (χ4n) is 5.25. The topological polar surface area (TPSA) is 56.2 Å². The molecule has 0 aromatic heterocycles. The summed E-state index contributed by atoms with van der Waals surface area (Å²) >= 11 is 0. The third kappa shape index (κ3) is 7.89. The van der Waals surface area contributed by atoms with Gasteiger partial charge in [0.15, 0.2) is 0 Å². The quantitative estimate of drug-likeness (QED) is 0.262. The molecule has 0 atom stereocenters. The van der Waals surface area contributed by atoms with E-state index in [4.69, 9.17) is 0 Å². The first-order valence-corrected chi connectivity index (χ1v) is 14.2. The van der Waals surface area contributed by atoms with Crippen LogP contribution >= 0.6 is 0 Å². The molecule has 6 nitrogen and oxygen atoms in total. The Bertz CT molecular complexity index is 1430. The van der Waals surface area contributed by atoms with Gasteiger partial charge in [0, 0.05) is 44.5 Å². The second kappa shape index (κ2) is 14.4. The standard InChI is InChI=1S/C35H40N4O2/c1-5-36-28(3)27(2)25-37(4)35(41)39(22-12-15-29-13-7-6-8-14-29)34(40)31-20-23-38(24-21-31)26-32-18-11-17-30-16-9-10-19-33(30)32/h5-19,31H,1-2,20-26H2,3-4H3/b15-12+,36-28?. The van der Waals surface area contributed by atoms with Crippen molar-refractivity contribution in [1.29, 1.82) is 0 Å². The zero-order chi connectivity index (χ0) is 29.2. The Kier molecular flexibility index (Phi) is 10.4. The van der Waals surface area contributed by atoms with Gasteiger partial charge in [-0.3, -0.25) is 19.6 Å². The van der Waals surface area contributed by atoms with Crippen LogP contribution in [0.25, 0.3) is 16.8 Å². The Labute approximate surface area is 244 Å². The van der Waals surface area contributed by atoms with Crippen LogP contribution in [0.5, 0.6) is 0 Å². The van der Waals surface area contributed by atoms with Crippen LogP contribution in [0, 0.1) is 5.92 Å². The monoisotopic (exact) mass is 548 g/mol. The lowest BCUT2D eigenvalue weighted by Crippen LogP contribution is -2.49. The van der Waals surface area contributed by atoms with E-state index >= 15 is 0 Å². The molecule has 0 N–H and O–H groups in total.